The number of imidazole rings is 1. The van der Waals surface area contributed by atoms with Gasteiger partial charge in [0, 0.05) is 24.2 Å². The highest BCUT2D eigenvalue weighted by atomic mass is 32.2. The standard InChI is InChI=1S/C20H23N3O2S2/c1-22-15-11-14(21-19(24)17-9-6-10-26-17)18(12-16(15)23(2)20(22)25)27-13-7-4-3-5-8-13/h6,9-13H,3-5,7-8H2,1-2H3,(H,21,24). The molecule has 27 heavy (non-hydrogen) atoms. The zero-order chi connectivity index (χ0) is 19.0. The minimum absolute atomic E-state index is 0.0552. The van der Waals surface area contributed by atoms with Gasteiger partial charge in [0.15, 0.2) is 0 Å². The molecule has 1 aliphatic carbocycles. The quantitative estimate of drug-likeness (QED) is 0.694. The number of thioether (sulfide) groups is 1. The molecule has 1 saturated carbocycles. The molecule has 0 saturated heterocycles. The van der Waals surface area contributed by atoms with Crippen LogP contribution in [0.25, 0.3) is 11.0 Å². The van der Waals surface area contributed by atoms with E-state index in [-0.39, 0.29) is 11.6 Å². The van der Waals surface area contributed by atoms with Crippen LogP contribution in [-0.4, -0.2) is 20.3 Å². The number of hydrogen-bond acceptors (Lipinski definition) is 4. The van der Waals surface area contributed by atoms with Gasteiger partial charge in [-0.05, 0) is 36.4 Å². The maximum Gasteiger partial charge on any atom is 0.328 e. The first-order chi connectivity index (χ1) is 13.0. The maximum absolute atomic E-state index is 12.6. The highest BCUT2D eigenvalue weighted by molar-refractivity contribution is 8.00. The van der Waals surface area contributed by atoms with E-state index in [0.717, 1.165) is 21.6 Å². The molecule has 4 rings (SSSR count). The summed E-state index contributed by atoms with van der Waals surface area (Å²) in [7, 11) is 3.56. The lowest BCUT2D eigenvalue weighted by Crippen LogP contribution is -2.19. The molecular weight excluding hydrogens is 378 g/mol. The summed E-state index contributed by atoms with van der Waals surface area (Å²) < 4.78 is 3.30. The van der Waals surface area contributed by atoms with Gasteiger partial charge in [-0.2, -0.15) is 0 Å². The van der Waals surface area contributed by atoms with E-state index in [2.05, 4.69) is 11.4 Å². The number of rotatable bonds is 4. The number of benzene rings is 1. The van der Waals surface area contributed by atoms with E-state index in [9.17, 15) is 9.59 Å². The fourth-order valence-corrected chi connectivity index (χ4v) is 5.64. The molecule has 2 heterocycles. The van der Waals surface area contributed by atoms with E-state index in [4.69, 9.17) is 0 Å². The molecule has 0 aliphatic heterocycles. The Morgan fingerprint density at radius 1 is 1.15 bits per heavy atom. The largest absolute Gasteiger partial charge is 0.328 e. The zero-order valence-electron chi connectivity index (χ0n) is 15.5. The van der Waals surface area contributed by atoms with Crippen LogP contribution in [-0.2, 0) is 14.1 Å². The molecule has 3 aromatic rings. The van der Waals surface area contributed by atoms with Crippen molar-refractivity contribution in [3.63, 3.8) is 0 Å². The monoisotopic (exact) mass is 401 g/mol. The number of nitrogens with one attached hydrogen (secondary N) is 1. The topological polar surface area (TPSA) is 56.0 Å². The van der Waals surface area contributed by atoms with Crippen molar-refractivity contribution < 1.29 is 4.79 Å². The Balaban J connectivity index is 1.75. The van der Waals surface area contributed by atoms with Crippen LogP contribution in [0, 0.1) is 0 Å². The predicted octanol–water partition coefficient (Wildman–Crippen LogP) is 4.62. The first kappa shape index (κ1) is 18.4. The van der Waals surface area contributed by atoms with Crippen LogP contribution < -0.4 is 11.0 Å². The number of aryl methyl sites for hydroxylation is 2. The molecule has 0 bridgehead atoms. The van der Waals surface area contributed by atoms with Crippen LogP contribution in [0.4, 0.5) is 5.69 Å². The Labute approximate surface area is 166 Å². The SMILES string of the molecule is Cn1c(=O)n(C)c2cc(SC3CCCCC3)c(NC(=O)c3cccs3)cc21. The molecule has 142 valence electrons. The van der Waals surface area contributed by atoms with Gasteiger partial charge < -0.3 is 5.32 Å². The third kappa shape index (κ3) is 3.58. The molecule has 0 unspecified atom stereocenters. The summed E-state index contributed by atoms with van der Waals surface area (Å²) in [5, 5.41) is 5.54. The fourth-order valence-electron chi connectivity index (χ4n) is 3.68. The number of nitrogens with zero attached hydrogens (tertiary/aromatic N) is 2. The van der Waals surface area contributed by atoms with Gasteiger partial charge in [0.05, 0.1) is 21.6 Å². The van der Waals surface area contributed by atoms with E-state index >= 15 is 0 Å². The molecule has 1 aromatic carbocycles. The molecule has 2 aromatic heterocycles. The lowest BCUT2D eigenvalue weighted by molar-refractivity contribution is 0.103. The highest BCUT2D eigenvalue weighted by Crippen LogP contribution is 2.39. The van der Waals surface area contributed by atoms with Crippen LogP contribution in [0.3, 0.4) is 0 Å². The summed E-state index contributed by atoms with van der Waals surface area (Å²) in [4.78, 5) is 26.7. The van der Waals surface area contributed by atoms with Crippen molar-refractivity contribution in [2.45, 2.75) is 42.2 Å². The van der Waals surface area contributed by atoms with Crippen molar-refractivity contribution in [2.24, 2.45) is 14.1 Å². The third-order valence-electron chi connectivity index (χ3n) is 5.21. The molecule has 0 radical (unpaired) electrons. The number of carbonyl (C=O) groups excluding carboxylic acids is 1. The van der Waals surface area contributed by atoms with Crippen molar-refractivity contribution in [2.75, 3.05) is 5.32 Å². The van der Waals surface area contributed by atoms with Crippen molar-refractivity contribution in [1.29, 1.82) is 0 Å². The van der Waals surface area contributed by atoms with Gasteiger partial charge >= 0.3 is 5.69 Å². The van der Waals surface area contributed by atoms with Gasteiger partial charge in [-0.1, -0.05) is 25.3 Å². The van der Waals surface area contributed by atoms with Gasteiger partial charge in [0.25, 0.3) is 5.91 Å². The second kappa shape index (κ2) is 7.56. The molecule has 0 atom stereocenters. The fraction of sp³-hybridized carbons (Fsp3) is 0.400. The number of anilines is 1. The summed E-state index contributed by atoms with van der Waals surface area (Å²) in [6.07, 6.45) is 6.25. The summed E-state index contributed by atoms with van der Waals surface area (Å²) >= 11 is 3.26. The van der Waals surface area contributed by atoms with Crippen LogP contribution in [0.2, 0.25) is 0 Å². The second-order valence-electron chi connectivity index (χ2n) is 7.05. The first-order valence-corrected chi connectivity index (χ1v) is 11.0. The Hall–Kier alpha value is -1.99. The average Bonchev–Trinajstić information content (AvgIpc) is 3.28. The van der Waals surface area contributed by atoms with Crippen LogP contribution >= 0.6 is 23.1 Å². The molecular formula is C20H23N3O2S2. The van der Waals surface area contributed by atoms with E-state index < -0.39 is 0 Å². The van der Waals surface area contributed by atoms with Gasteiger partial charge in [0.2, 0.25) is 0 Å². The number of fused-ring (bicyclic) bond motifs is 1. The van der Waals surface area contributed by atoms with Crippen LogP contribution in [0.1, 0.15) is 41.8 Å². The predicted molar refractivity (Wildman–Crippen MR) is 113 cm³/mol. The molecule has 0 spiro atoms. The van der Waals surface area contributed by atoms with E-state index in [0.29, 0.717) is 10.1 Å². The number of aromatic nitrogens is 2. The molecule has 1 aliphatic rings. The number of carbonyl (C=O) groups is 1. The van der Waals surface area contributed by atoms with Crippen molar-refractivity contribution in [3.05, 3.63) is 45.0 Å². The molecule has 7 heteroatoms. The molecule has 5 nitrogen and oxygen atoms in total. The molecule has 1 N–H and O–H groups in total. The Morgan fingerprint density at radius 2 is 1.85 bits per heavy atom. The third-order valence-corrected chi connectivity index (χ3v) is 7.48. The summed E-state index contributed by atoms with van der Waals surface area (Å²) in [5.74, 6) is -0.101. The Kier molecular flexibility index (Phi) is 5.14. The number of hydrogen-bond donors (Lipinski definition) is 1. The van der Waals surface area contributed by atoms with E-state index in [1.54, 1.807) is 23.2 Å². The summed E-state index contributed by atoms with van der Waals surface area (Å²) in [5.41, 5.74) is 2.46. The second-order valence-corrected chi connectivity index (χ2v) is 9.34. The Bertz CT molecular complexity index is 1030. The van der Waals surface area contributed by atoms with E-state index in [1.807, 2.05) is 35.3 Å². The van der Waals surface area contributed by atoms with Crippen LogP contribution in [0.15, 0.2) is 39.3 Å². The maximum atomic E-state index is 12.6. The van der Waals surface area contributed by atoms with Crippen molar-refractivity contribution >= 4 is 45.7 Å². The zero-order valence-corrected chi connectivity index (χ0v) is 17.2. The van der Waals surface area contributed by atoms with Crippen molar-refractivity contribution in [1.82, 2.24) is 9.13 Å². The lowest BCUT2D eigenvalue weighted by atomic mass is 10.0. The lowest BCUT2D eigenvalue weighted by Gasteiger charge is -2.22. The van der Waals surface area contributed by atoms with Gasteiger partial charge in [-0.25, -0.2) is 4.79 Å². The van der Waals surface area contributed by atoms with E-state index in [1.165, 1.54) is 43.4 Å². The number of amides is 1. The number of thiophene rings is 1. The first-order valence-electron chi connectivity index (χ1n) is 9.25. The minimum Gasteiger partial charge on any atom is -0.320 e. The summed E-state index contributed by atoms with van der Waals surface area (Å²) in [6, 6.07) is 7.69. The van der Waals surface area contributed by atoms with Gasteiger partial charge in [-0.3, -0.25) is 13.9 Å². The van der Waals surface area contributed by atoms with Gasteiger partial charge in [0.1, 0.15) is 0 Å². The normalized spacial score (nSPS) is 15.3. The highest BCUT2D eigenvalue weighted by Gasteiger charge is 2.20. The van der Waals surface area contributed by atoms with Gasteiger partial charge in [-0.15, -0.1) is 23.1 Å². The Morgan fingerprint density at radius 3 is 2.52 bits per heavy atom. The molecule has 1 amide bonds. The van der Waals surface area contributed by atoms with Crippen LogP contribution in [0.5, 0.6) is 0 Å². The minimum atomic E-state index is -0.101. The smallest absolute Gasteiger partial charge is 0.320 e. The molecule has 1 fully saturated rings. The average molecular weight is 402 g/mol. The van der Waals surface area contributed by atoms with Crippen molar-refractivity contribution in [3.8, 4) is 0 Å². The summed E-state index contributed by atoms with van der Waals surface area (Å²) in [6.45, 7) is 0.